The number of benzene rings is 1. The van der Waals surface area contributed by atoms with Gasteiger partial charge in [-0.2, -0.15) is 0 Å². The third-order valence-corrected chi connectivity index (χ3v) is 3.43. The number of anilines is 2. The Balaban J connectivity index is 1.73. The number of hydrogen-bond donors (Lipinski definition) is 2. The molecule has 2 aromatic rings. The number of nitrogens with zero attached hydrogens (tertiary/aromatic N) is 2. The van der Waals surface area contributed by atoms with Gasteiger partial charge >= 0.3 is 0 Å². The highest BCUT2D eigenvalue weighted by atomic mass is 79.9. The number of hydrogen-bond acceptors (Lipinski definition) is 4. The number of halogens is 1. The van der Waals surface area contributed by atoms with E-state index in [9.17, 15) is 4.79 Å². The summed E-state index contributed by atoms with van der Waals surface area (Å²) in [6.45, 7) is 0. The first-order valence-electron chi connectivity index (χ1n) is 6.37. The minimum Gasteiger partial charge on any atom is -0.348 e. The maximum atomic E-state index is 11.9. The van der Waals surface area contributed by atoms with Gasteiger partial charge in [0.1, 0.15) is 5.69 Å². The van der Waals surface area contributed by atoms with Crippen molar-refractivity contribution in [3.8, 4) is 0 Å². The molecule has 1 aromatic heterocycles. The summed E-state index contributed by atoms with van der Waals surface area (Å²) in [6, 6.07) is 9.59. The fourth-order valence-corrected chi connectivity index (χ4v) is 1.96. The Kier molecular flexibility index (Phi) is 3.64. The van der Waals surface area contributed by atoms with Gasteiger partial charge in [-0.15, -0.1) is 0 Å². The lowest BCUT2D eigenvalue weighted by Crippen LogP contribution is -2.26. The van der Waals surface area contributed by atoms with E-state index in [1.807, 2.05) is 24.3 Å². The second kappa shape index (κ2) is 5.58. The summed E-state index contributed by atoms with van der Waals surface area (Å²) in [7, 11) is 0. The highest BCUT2D eigenvalue weighted by Gasteiger charge is 2.24. The molecule has 1 amide bonds. The summed E-state index contributed by atoms with van der Waals surface area (Å²) in [5, 5.41) is 5.98. The van der Waals surface area contributed by atoms with Gasteiger partial charge in [0.05, 0.1) is 0 Å². The lowest BCUT2D eigenvalue weighted by atomic mass is 10.3. The highest BCUT2D eigenvalue weighted by molar-refractivity contribution is 9.10. The third-order valence-electron chi connectivity index (χ3n) is 2.90. The van der Waals surface area contributed by atoms with Crippen LogP contribution in [0.5, 0.6) is 0 Å². The molecule has 0 unspecified atom stereocenters. The minimum absolute atomic E-state index is 0.145. The molecule has 1 aromatic carbocycles. The summed E-state index contributed by atoms with van der Waals surface area (Å²) >= 11 is 3.38. The molecule has 2 N–H and O–H groups in total. The zero-order valence-electron chi connectivity index (χ0n) is 10.6. The van der Waals surface area contributed by atoms with Gasteiger partial charge in [0, 0.05) is 22.4 Å². The smallest absolute Gasteiger partial charge is 0.270 e. The summed E-state index contributed by atoms with van der Waals surface area (Å²) < 4.78 is 1.00. The van der Waals surface area contributed by atoms with Crippen LogP contribution in [0.15, 0.2) is 41.0 Å². The third kappa shape index (κ3) is 3.33. The van der Waals surface area contributed by atoms with Crippen LogP contribution in [-0.2, 0) is 0 Å². The summed E-state index contributed by atoms with van der Waals surface area (Å²) in [6.07, 6.45) is 3.69. The lowest BCUT2D eigenvalue weighted by Gasteiger charge is -2.07. The zero-order chi connectivity index (χ0) is 13.9. The quantitative estimate of drug-likeness (QED) is 0.903. The van der Waals surface area contributed by atoms with Crippen LogP contribution in [-0.4, -0.2) is 21.9 Å². The largest absolute Gasteiger partial charge is 0.348 e. The second-order valence-electron chi connectivity index (χ2n) is 4.65. The van der Waals surface area contributed by atoms with Crippen LogP contribution < -0.4 is 10.6 Å². The van der Waals surface area contributed by atoms with Gasteiger partial charge in [-0.3, -0.25) is 4.79 Å². The lowest BCUT2D eigenvalue weighted by molar-refractivity contribution is 0.0946. The Morgan fingerprint density at radius 3 is 2.65 bits per heavy atom. The van der Waals surface area contributed by atoms with Gasteiger partial charge in [0.25, 0.3) is 5.91 Å². The van der Waals surface area contributed by atoms with Gasteiger partial charge in [-0.25, -0.2) is 9.97 Å². The molecule has 0 atom stereocenters. The van der Waals surface area contributed by atoms with Gasteiger partial charge in [0.2, 0.25) is 5.95 Å². The van der Waals surface area contributed by atoms with E-state index < -0.39 is 0 Å². The van der Waals surface area contributed by atoms with Gasteiger partial charge in [0.15, 0.2) is 0 Å². The average molecular weight is 333 g/mol. The molecule has 3 rings (SSSR count). The molecular weight excluding hydrogens is 320 g/mol. The van der Waals surface area contributed by atoms with Crippen molar-refractivity contribution in [1.29, 1.82) is 0 Å². The van der Waals surface area contributed by atoms with Gasteiger partial charge < -0.3 is 10.6 Å². The molecule has 1 heterocycles. The number of carbonyl (C=O) groups excluding carboxylic acids is 1. The van der Waals surface area contributed by atoms with Crippen molar-refractivity contribution >= 4 is 33.5 Å². The van der Waals surface area contributed by atoms with Crippen LogP contribution in [0.3, 0.4) is 0 Å². The number of nitrogens with one attached hydrogen (secondary N) is 2. The average Bonchev–Trinajstić information content (AvgIpc) is 3.26. The zero-order valence-corrected chi connectivity index (χ0v) is 12.2. The number of rotatable bonds is 4. The monoisotopic (exact) mass is 332 g/mol. The van der Waals surface area contributed by atoms with Crippen molar-refractivity contribution in [3.63, 3.8) is 0 Å². The van der Waals surface area contributed by atoms with Gasteiger partial charge in [-0.05, 0) is 43.2 Å². The molecule has 1 aliphatic rings. The predicted octanol–water partition coefficient (Wildman–Crippen LogP) is 2.87. The van der Waals surface area contributed by atoms with E-state index in [0.717, 1.165) is 23.0 Å². The molecule has 6 heteroatoms. The summed E-state index contributed by atoms with van der Waals surface area (Å²) in [4.78, 5) is 20.3. The Morgan fingerprint density at radius 1 is 1.20 bits per heavy atom. The van der Waals surface area contributed by atoms with Crippen molar-refractivity contribution in [2.45, 2.75) is 18.9 Å². The molecule has 20 heavy (non-hydrogen) atoms. The Bertz CT molecular complexity index is 625. The topological polar surface area (TPSA) is 66.9 Å². The Labute approximate surface area is 125 Å². The molecule has 0 bridgehead atoms. The van der Waals surface area contributed by atoms with E-state index >= 15 is 0 Å². The molecule has 0 saturated heterocycles. The van der Waals surface area contributed by atoms with E-state index in [2.05, 4.69) is 36.5 Å². The van der Waals surface area contributed by atoms with E-state index in [0.29, 0.717) is 17.7 Å². The van der Waals surface area contributed by atoms with Crippen molar-refractivity contribution in [2.24, 2.45) is 0 Å². The highest BCUT2D eigenvalue weighted by Crippen LogP contribution is 2.20. The first-order valence-corrected chi connectivity index (χ1v) is 7.16. The number of aromatic nitrogens is 2. The molecule has 5 nitrogen and oxygen atoms in total. The van der Waals surface area contributed by atoms with Crippen LogP contribution in [0, 0.1) is 0 Å². The summed E-state index contributed by atoms with van der Waals surface area (Å²) in [5.41, 5.74) is 1.25. The normalized spacial score (nSPS) is 13.8. The van der Waals surface area contributed by atoms with Crippen molar-refractivity contribution in [3.05, 3.63) is 46.7 Å². The maximum absolute atomic E-state index is 11.9. The maximum Gasteiger partial charge on any atom is 0.270 e. The molecular formula is C14H13BrN4O. The van der Waals surface area contributed by atoms with E-state index in [1.165, 1.54) is 0 Å². The van der Waals surface area contributed by atoms with E-state index in [-0.39, 0.29) is 5.91 Å². The molecule has 1 saturated carbocycles. The van der Waals surface area contributed by atoms with Crippen molar-refractivity contribution in [1.82, 2.24) is 15.3 Å². The molecule has 102 valence electrons. The first-order chi connectivity index (χ1) is 9.70. The number of carbonyl (C=O) groups is 1. The van der Waals surface area contributed by atoms with E-state index in [1.54, 1.807) is 12.3 Å². The van der Waals surface area contributed by atoms with Crippen LogP contribution >= 0.6 is 15.9 Å². The Morgan fingerprint density at radius 2 is 1.95 bits per heavy atom. The fourth-order valence-electron chi connectivity index (χ4n) is 1.69. The van der Waals surface area contributed by atoms with Crippen LogP contribution in [0.4, 0.5) is 11.6 Å². The molecule has 0 spiro atoms. The summed E-state index contributed by atoms with van der Waals surface area (Å²) in [5.74, 6) is 0.268. The van der Waals surface area contributed by atoms with Crippen molar-refractivity contribution < 1.29 is 4.79 Å². The molecule has 1 aliphatic carbocycles. The van der Waals surface area contributed by atoms with Crippen LogP contribution in [0.2, 0.25) is 0 Å². The van der Waals surface area contributed by atoms with E-state index in [4.69, 9.17) is 0 Å². The molecule has 1 fully saturated rings. The standard InChI is InChI=1S/C14H13BrN4O/c15-9-1-3-11(4-2-9)18-14-16-8-7-12(19-14)13(20)17-10-5-6-10/h1-4,7-8,10H,5-6H2,(H,17,20)(H,16,18,19). The first kappa shape index (κ1) is 13.1. The van der Waals surface area contributed by atoms with Crippen LogP contribution in [0.1, 0.15) is 23.3 Å². The molecule has 0 radical (unpaired) electrons. The second-order valence-corrected chi connectivity index (χ2v) is 5.56. The minimum atomic E-state index is -0.145. The Hall–Kier alpha value is -1.95. The fraction of sp³-hybridized carbons (Fsp3) is 0.214. The number of amides is 1. The van der Waals surface area contributed by atoms with Crippen LogP contribution in [0.25, 0.3) is 0 Å². The SMILES string of the molecule is O=C(NC1CC1)c1ccnc(Nc2ccc(Br)cc2)n1. The van der Waals surface area contributed by atoms with Crippen molar-refractivity contribution in [2.75, 3.05) is 5.32 Å². The molecule has 0 aliphatic heterocycles. The predicted molar refractivity (Wildman–Crippen MR) is 79.9 cm³/mol. The van der Waals surface area contributed by atoms with Gasteiger partial charge in [-0.1, -0.05) is 15.9 Å².